The summed E-state index contributed by atoms with van der Waals surface area (Å²) in [6.45, 7) is 2.12. The standard InChI is InChI=1S/C34H41N3O7S/c1-3-30(34(39)35-26-12-6-4-7-13-26)36(23-25-11-10-14-28(21-25)42-2)33(38)24-37(45(40,41)29-15-8-5-9-16-29)27-17-18-31-32(22-27)44-20-19-43-31/h5,8-11,14-18,21-22,26,30H,3-4,6-7,12-13,19-20,23-24H2,1-2H3,(H,35,39). The average Bonchev–Trinajstić information content (AvgIpc) is 3.07. The van der Waals surface area contributed by atoms with Crippen LogP contribution in [-0.2, 0) is 26.2 Å². The van der Waals surface area contributed by atoms with E-state index in [0.29, 0.717) is 36.9 Å². The number of amides is 2. The molecule has 240 valence electrons. The van der Waals surface area contributed by atoms with Crippen molar-refractivity contribution in [3.05, 3.63) is 78.4 Å². The molecule has 1 saturated carbocycles. The molecule has 0 saturated heterocycles. The third-order valence-electron chi connectivity index (χ3n) is 8.25. The van der Waals surface area contributed by atoms with Crippen molar-refractivity contribution in [1.82, 2.24) is 10.2 Å². The van der Waals surface area contributed by atoms with Crippen molar-refractivity contribution in [2.24, 2.45) is 0 Å². The number of sulfonamides is 1. The number of rotatable bonds is 12. The van der Waals surface area contributed by atoms with E-state index < -0.39 is 28.5 Å². The van der Waals surface area contributed by atoms with Crippen LogP contribution in [-0.4, -0.2) is 64.1 Å². The van der Waals surface area contributed by atoms with E-state index in [4.69, 9.17) is 14.2 Å². The Morgan fingerprint density at radius 3 is 2.38 bits per heavy atom. The smallest absolute Gasteiger partial charge is 0.264 e. The van der Waals surface area contributed by atoms with Crippen LogP contribution in [0.3, 0.4) is 0 Å². The molecular formula is C34H41N3O7S. The van der Waals surface area contributed by atoms with Crippen molar-refractivity contribution in [3.8, 4) is 17.2 Å². The van der Waals surface area contributed by atoms with Crippen molar-refractivity contribution in [1.29, 1.82) is 0 Å². The van der Waals surface area contributed by atoms with Crippen LogP contribution < -0.4 is 23.8 Å². The van der Waals surface area contributed by atoms with Gasteiger partial charge in [-0.05, 0) is 61.2 Å². The second kappa shape index (κ2) is 14.7. The SMILES string of the molecule is CCC(C(=O)NC1CCCCC1)N(Cc1cccc(OC)c1)C(=O)CN(c1ccc2c(c1)OCCO2)S(=O)(=O)c1ccccc1. The average molecular weight is 636 g/mol. The molecule has 1 unspecified atom stereocenters. The Bertz CT molecular complexity index is 1580. The molecular weight excluding hydrogens is 594 g/mol. The molecule has 3 aromatic carbocycles. The molecule has 1 heterocycles. The normalized spacial score (nSPS) is 15.5. The van der Waals surface area contributed by atoms with Gasteiger partial charge in [-0.3, -0.25) is 13.9 Å². The van der Waals surface area contributed by atoms with Crippen LogP contribution in [0.2, 0.25) is 0 Å². The quantitative estimate of drug-likeness (QED) is 0.301. The summed E-state index contributed by atoms with van der Waals surface area (Å²) >= 11 is 0. The first-order valence-electron chi connectivity index (χ1n) is 15.5. The van der Waals surface area contributed by atoms with E-state index in [0.717, 1.165) is 42.0 Å². The minimum Gasteiger partial charge on any atom is -0.497 e. The number of nitrogens with zero attached hydrogens (tertiary/aromatic N) is 2. The Morgan fingerprint density at radius 2 is 1.67 bits per heavy atom. The molecule has 0 radical (unpaired) electrons. The molecule has 45 heavy (non-hydrogen) atoms. The molecule has 5 rings (SSSR count). The topological polar surface area (TPSA) is 114 Å². The summed E-state index contributed by atoms with van der Waals surface area (Å²) in [5.74, 6) is 0.754. The van der Waals surface area contributed by atoms with E-state index in [1.54, 1.807) is 49.6 Å². The molecule has 11 heteroatoms. The number of anilines is 1. The van der Waals surface area contributed by atoms with Crippen LogP contribution in [0.1, 0.15) is 51.0 Å². The summed E-state index contributed by atoms with van der Waals surface area (Å²) in [6, 6.07) is 19.3. The van der Waals surface area contributed by atoms with Crippen LogP contribution >= 0.6 is 0 Å². The maximum atomic E-state index is 14.4. The van der Waals surface area contributed by atoms with Crippen LogP contribution in [0.25, 0.3) is 0 Å². The van der Waals surface area contributed by atoms with E-state index >= 15 is 0 Å². The predicted molar refractivity (Wildman–Crippen MR) is 171 cm³/mol. The molecule has 1 atom stereocenters. The highest BCUT2D eigenvalue weighted by molar-refractivity contribution is 7.92. The number of hydrogen-bond acceptors (Lipinski definition) is 7. The fourth-order valence-electron chi connectivity index (χ4n) is 5.87. The maximum absolute atomic E-state index is 14.4. The first-order valence-corrected chi connectivity index (χ1v) is 16.9. The van der Waals surface area contributed by atoms with Crippen LogP contribution in [0.5, 0.6) is 17.2 Å². The maximum Gasteiger partial charge on any atom is 0.264 e. The number of methoxy groups -OCH3 is 1. The van der Waals surface area contributed by atoms with E-state index in [9.17, 15) is 18.0 Å². The minimum atomic E-state index is -4.20. The Hall–Kier alpha value is -4.25. The first-order chi connectivity index (χ1) is 21.8. The number of hydrogen-bond donors (Lipinski definition) is 1. The van der Waals surface area contributed by atoms with Crippen molar-refractivity contribution in [3.63, 3.8) is 0 Å². The van der Waals surface area contributed by atoms with Crippen molar-refractivity contribution in [2.45, 2.75) is 69.0 Å². The number of carbonyl (C=O) groups is 2. The monoisotopic (exact) mass is 635 g/mol. The molecule has 3 aromatic rings. The molecule has 2 aliphatic rings. The lowest BCUT2D eigenvalue weighted by Crippen LogP contribution is -2.54. The lowest BCUT2D eigenvalue weighted by atomic mass is 9.95. The van der Waals surface area contributed by atoms with Gasteiger partial charge in [0.1, 0.15) is 31.5 Å². The van der Waals surface area contributed by atoms with Crippen molar-refractivity contribution >= 4 is 27.5 Å². The fraction of sp³-hybridized carbons (Fsp3) is 0.412. The zero-order valence-electron chi connectivity index (χ0n) is 25.8. The number of carbonyl (C=O) groups excluding carboxylic acids is 2. The lowest BCUT2D eigenvalue weighted by Gasteiger charge is -2.34. The van der Waals surface area contributed by atoms with Crippen LogP contribution in [0.4, 0.5) is 5.69 Å². The van der Waals surface area contributed by atoms with Crippen molar-refractivity contribution < 1.29 is 32.2 Å². The number of benzene rings is 3. The molecule has 0 spiro atoms. The van der Waals surface area contributed by atoms with Gasteiger partial charge in [-0.1, -0.05) is 56.5 Å². The highest BCUT2D eigenvalue weighted by atomic mass is 32.2. The first kappa shape index (κ1) is 32.2. The van der Waals surface area contributed by atoms with Crippen LogP contribution in [0, 0.1) is 0 Å². The van der Waals surface area contributed by atoms with E-state index in [1.807, 2.05) is 25.1 Å². The molecule has 1 fully saturated rings. The van der Waals surface area contributed by atoms with Gasteiger partial charge in [0, 0.05) is 18.7 Å². The van der Waals surface area contributed by atoms with E-state index in [-0.39, 0.29) is 29.1 Å². The zero-order chi connectivity index (χ0) is 31.8. The Labute approximate surface area is 265 Å². The molecule has 1 aliphatic carbocycles. The summed E-state index contributed by atoms with van der Waals surface area (Å²) in [5.41, 5.74) is 1.00. The summed E-state index contributed by atoms with van der Waals surface area (Å²) in [4.78, 5) is 29.7. The summed E-state index contributed by atoms with van der Waals surface area (Å²) in [6.07, 6.45) is 5.41. The second-order valence-corrected chi connectivity index (χ2v) is 13.2. The molecule has 2 amide bonds. The minimum absolute atomic E-state index is 0.0362. The number of ether oxygens (including phenoxy) is 3. The molecule has 1 N–H and O–H groups in total. The highest BCUT2D eigenvalue weighted by Gasteiger charge is 2.35. The summed E-state index contributed by atoms with van der Waals surface area (Å²) in [7, 11) is -2.64. The molecule has 1 aliphatic heterocycles. The van der Waals surface area contributed by atoms with E-state index in [2.05, 4.69) is 5.32 Å². The van der Waals surface area contributed by atoms with Gasteiger partial charge < -0.3 is 24.4 Å². The van der Waals surface area contributed by atoms with Gasteiger partial charge in [0.2, 0.25) is 11.8 Å². The van der Waals surface area contributed by atoms with Gasteiger partial charge in [0.15, 0.2) is 11.5 Å². The van der Waals surface area contributed by atoms with Crippen molar-refractivity contribution in [2.75, 3.05) is 31.2 Å². The van der Waals surface area contributed by atoms with Gasteiger partial charge in [0.05, 0.1) is 17.7 Å². The number of nitrogens with one attached hydrogen (secondary N) is 1. The predicted octanol–water partition coefficient (Wildman–Crippen LogP) is 4.92. The lowest BCUT2D eigenvalue weighted by molar-refractivity contribution is -0.140. The second-order valence-electron chi connectivity index (χ2n) is 11.3. The molecule has 0 aromatic heterocycles. The largest absolute Gasteiger partial charge is 0.497 e. The third kappa shape index (κ3) is 7.70. The summed E-state index contributed by atoms with van der Waals surface area (Å²) < 4.78 is 46.1. The van der Waals surface area contributed by atoms with Gasteiger partial charge in [-0.15, -0.1) is 0 Å². The Kier molecular flexibility index (Phi) is 10.5. The third-order valence-corrected chi connectivity index (χ3v) is 10.0. The highest BCUT2D eigenvalue weighted by Crippen LogP contribution is 2.36. The summed E-state index contributed by atoms with van der Waals surface area (Å²) in [5, 5.41) is 3.17. The Morgan fingerprint density at radius 1 is 0.933 bits per heavy atom. The molecule has 0 bridgehead atoms. The Balaban J connectivity index is 1.51. The van der Waals surface area contributed by atoms with Gasteiger partial charge in [0.25, 0.3) is 10.0 Å². The van der Waals surface area contributed by atoms with Gasteiger partial charge in [-0.25, -0.2) is 8.42 Å². The van der Waals surface area contributed by atoms with Gasteiger partial charge >= 0.3 is 0 Å². The molecule has 10 nitrogen and oxygen atoms in total. The fourth-order valence-corrected chi connectivity index (χ4v) is 7.29. The van der Waals surface area contributed by atoms with E-state index in [1.165, 1.54) is 17.0 Å². The number of fused-ring (bicyclic) bond motifs is 1. The van der Waals surface area contributed by atoms with Gasteiger partial charge in [-0.2, -0.15) is 0 Å². The van der Waals surface area contributed by atoms with Crippen LogP contribution in [0.15, 0.2) is 77.7 Å². The zero-order valence-corrected chi connectivity index (χ0v) is 26.6.